The average molecular weight is 215 g/mol. The quantitative estimate of drug-likeness (QED) is 0.761. The maximum Gasteiger partial charge on any atom is 0.304 e. The normalized spacial score (nSPS) is 10.4. The van der Waals surface area contributed by atoms with E-state index in [1.165, 1.54) is 11.8 Å². The molecule has 1 rings (SSSR count). The molecule has 1 N–H and O–H groups in total. The number of carboxylic acid groups (broad SMARTS) is 1. The van der Waals surface area contributed by atoms with Gasteiger partial charge in [-0.3, -0.25) is 4.79 Å². The lowest BCUT2D eigenvalue weighted by Crippen LogP contribution is -1.96. The van der Waals surface area contributed by atoms with E-state index in [0.717, 1.165) is 11.5 Å². The van der Waals surface area contributed by atoms with Gasteiger partial charge in [0, 0.05) is 5.75 Å². The number of carboxylic acids is 1. The number of rotatable bonds is 5. The molecule has 0 amide bonds. The Kier molecular flexibility index (Phi) is 4.00. The maximum absolute atomic E-state index is 10.2. The van der Waals surface area contributed by atoms with Crippen molar-refractivity contribution in [3.63, 3.8) is 0 Å². The lowest BCUT2D eigenvalue weighted by atomic mass is 10.4. The minimum atomic E-state index is -0.766. The van der Waals surface area contributed by atoms with Gasteiger partial charge in [0.1, 0.15) is 5.76 Å². The molecule has 0 radical (unpaired) electrons. The van der Waals surface area contributed by atoms with Crippen molar-refractivity contribution in [1.82, 2.24) is 4.98 Å². The number of aromatic nitrogens is 1. The van der Waals surface area contributed by atoms with Gasteiger partial charge in [0.2, 0.25) is 5.89 Å². The molecule has 0 unspecified atom stereocenters. The van der Waals surface area contributed by atoms with E-state index in [4.69, 9.17) is 9.52 Å². The molecule has 0 aliphatic rings. The summed E-state index contributed by atoms with van der Waals surface area (Å²) in [5.41, 5.74) is 0.902. The van der Waals surface area contributed by atoms with Crippen LogP contribution in [0, 0.1) is 13.8 Å². The second-order valence-corrected chi connectivity index (χ2v) is 4.05. The second-order valence-electron chi connectivity index (χ2n) is 2.95. The summed E-state index contributed by atoms with van der Waals surface area (Å²) >= 11 is 1.52. The molecular weight excluding hydrogens is 202 g/mol. The Hall–Kier alpha value is -0.970. The van der Waals surface area contributed by atoms with Gasteiger partial charge in [-0.25, -0.2) is 4.98 Å². The molecule has 1 aromatic heterocycles. The first-order chi connectivity index (χ1) is 6.59. The number of thioether (sulfide) groups is 1. The van der Waals surface area contributed by atoms with Crippen LogP contribution >= 0.6 is 11.8 Å². The summed E-state index contributed by atoms with van der Waals surface area (Å²) in [6, 6.07) is 0. The van der Waals surface area contributed by atoms with Crippen molar-refractivity contribution in [3.8, 4) is 0 Å². The minimum absolute atomic E-state index is 0.184. The Morgan fingerprint density at radius 1 is 1.57 bits per heavy atom. The van der Waals surface area contributed by atoms with E-state index in [1.807, 2.05) is 13.8 Å². The third-order valence-corrected chi connectivity index (χ3v) is 2.70. The number of hydrogen-bond donors (Lipinski definition) is 1. The molecule has 0 bridgehead atoms. The summed E-state index contributed by atoms with van der Waals surface area (Å²) in [4.78, 5) is 14.4. The Morgan fingerprint density at radius 2 is 2.29 bits per heavy atom. The summed E-state index contributed by atoms with van der Waals surface area (Å²) in [5.74, 6) is 1.98. The van der Waals surface area contributed by atoms with E-state index >= 15 is 0 Å². The topological polar surface area (TPSA) is 63.3 Å². The maximum atomic E-state index is 10.2. The first-order valence-corrected chi connectivity index (χ1v) is 5.47. The summed E-state index contributed by atoms with van der Waals surface area (Å²) in [6.45, 7) is 3.76. The third kappa shape index (κ3) is 3.41. The molecule has 0 atom stereocenters. The Labute approximate surface area is 86.7 Å². The van der Waals surface area contributed by atoms with Crippen molar-refractivity contribution >= 4 is 17.7 Å². The highest BCUT2D eigenvalue weighted by Crippen LogP contribution is 2.15. The van der Waals surface area contributed by atoms with Crippen LogP contribution in [0.4, 0.5) is 0 Å². The highest BCUT2D eigenvalue weighted by molar-refractivity contribution is 7.98. The van der Waals surface area contributed by atoms with Crippen LogP contribution in [0.25, 0.3) is 0 Å². The molecule has 0 aliphatic heterocycles. The summed E-state index contributed by atoms with van der Waals surface area (Å²) in [7, 11) is 0. The van der Waals surface area contributed by atoms with Crippen LogP contribution in [-0.4, -0.2) is 21.8 Å². The zero-order valence-electron chi connectivity index (χ0n) is 8.24. The van der Waals surface area contributed by atoms with E-state index in [0.29, 0.717) is 17.4 Å². The van der Waals surface area contributed by atoms with Gasteiger partial charge in [0.05, 0.1) is 17.9 Å². The fourth-order valence-electron chi connectivity index (χ4n) is 0.920. The fourth-order valence-corrected chi connectivity index (χ4v) is 1.68. The molecular formula is C9H13NO3S. The highest BCUT2D eigenvalue weighted by Gasteiger charge is 2.05. The third-order valence-electron chi connectivity index (χ3n) is 1.76. The zero-order chi connectivity index (χ0) is 10.6. The monoisotopic (exact) mass is 215 g/mol. The van der Waals surface area contributed by atoms with Gasteiger partial charge in [0.15, 0.2) is 0 Å². The standard InChI is InChI=1S/C9H13NO3S/c1-6-7(2)13-8(10-6)5-14-4-3-9(11)12/h3-5H2,1-2H3,(H,11,12). The van der Waals surface area contributed by atoms with Crippen LogP contribution in [0.15, 0.2) is 4.42 Å². The number of aryl methyl sites for hydroxylation is 2. The first kappa shape index (κ1) is 11.1. The van der Waals surface area contributed by atoms with Crippen molar-refractivity contribution in [2.75, 3.05) is 5.75 Å². The predicted octanol–water partition coefficient (Wildman–Crippen LogP) is 2.00. The molecule has 4 nitrogen and oxygen atoms in total. The molecule has 14 heavy (non-hydrogen) atoms. The van der Waals surface area contributed by atoms with Crippen LogP contribution in [0.3, 0.4) is 0 Å². The largest absolute Gasteiger partial charge is 0.481 e. The molecule has 0 aliphatic carbocycles. The van der Waals surface area contributed by atoms with Crippen molar-refractivity contribution in [3.05, 3.63) is 17.3 Å². The number of oxazole rings is 1. The van der Waals surface area contributed by atoms with Gasteiger partial charge in [-0.1, -0.05) is 0 Å². The molecule has 0 spiro atoms. The Balaban J connectivity index is 2.28. The Bertz CT molecular complexity index is 302. The molecule has 0 saturated heterocycles. The minimum Gasteiger partial charge on any atom is -0.481 e. The summed E-state index contributed by atoms with van der Waals surface area (Å²) in [5, 5.41) is 8.41. The molecule has 1 heterocycles. The smallest absolute Gasteiger partial charge is 0.304 e. The van der Waals surface area contributed by atoms with E-state index in [1.54, 1.807) is 0 Å². The van der Waals surface area contributed by atoms with Gasteiger partial charge in [-0.15, -0.1) is 0 Å². The fraction of sp³-hybridized carbons (Fsp3) is 0.556. The van der Waals surface area contributed by atoms with Crippen LogP contribution in [0.1, 0.15) is 23.8 Å². The van der Waals surface area contributed by atoms with Crippen molar-refractivity contribution in [2.45, 2.75) is 26.0 Å². The molecule has 78 valence electrons. The number of aliphatic carboxylic acids is 1. The van der Waals surface area contributed by atoms with Gasteiger partial charge in [0.25, 0.3) is 0 Å². The lowest BCUT2D eigenvalue weighted by Gasteiger charge is -1.94. The van der Waals surface area contributed by atoms with Crippen LogP contribution < -0.4 is 0 Å². The SMILES string of the molecule is Cc1nc(CSCCC(=O)O)oc1C. The van der Waals surface area contributed by atoms with Crippen molar-refractivity contribution < 1.29 is 14.3 Å². The average Bonchev–Trinajstić information content (AvgIpc) is 2.40. The zero-order valence-corrected chi connectivity index (χ0v) is 9.06. The van der Waals surface area contributed by atoms with Gasteiger partial charge in [-0.05, 0) is 13.8 Å². The van der Waals surface area contributed by atoms with Crippen LogP contribution in [0.2, 0.25) is 0 Å². The van der Waals surface area contributed by atoms with E-state index in [-0.39, 0.29) is 6.42 Å². The highest BCUT2D eigenvalue weighted by atomic mass is 32.2. The van der Waals surface area contributed by atoms with Crippen molar-refractivity contribution in [1.29, 1.82) is 0 Å². The van der Waals surface area contributed by atoms with Gasteiger partial charge < -0.3 is 9.52 Å². The van der Waals surface area contributed by atoms with E-state index in [2.05, 4.69) is 4.98 Å². The molecule has 0 aromatic carbocycles. The number of nitrogens with zero attached hydrogens (tertiary/aromatic N) is 1. The summed E-state index contributed by atoms with van der Waals surface area (Å²) < 4.78 is 5.34. The first-order valence-electron chi connectivity index (χ1n) is 4.32. The van der Waals surface area contributed by atoms with Crippen LogP contribution in [-0.2, 0) is 10.5 Å². The van der Waals surface area contributed by atoms with Gasteiger partial charge in [-0.2, -0.15) is 11.8 Å². The van der Waals surface area contributed by atoms with E-state index in [9.17, 15) is 4.79 Å². The summed E-state index contributed by atoms with van der Waals surface area (Å²) in [6.07, 6.45) is 0.184. The van der Waals surface area contributed by atoms with Crippen molar-refractivity contribution in [2.24, 2.45) is 0 Å². The molecule has 0 fully saturated rings. The lowest BCUT2D eigenvalue weighted by molar-refractivity contribution is -0.136. The molecule has 5 heteroatoms. The molecule has 1 aromatic rings. The Morgan fingerprint density at radius 3 is 2.79 bits per heavy atom. The number of hydrogen-bond acceptors (Lipinski definition) is 4. The molecule has 0 saturated carbocycles. The predicted molar refractivity (Wildman–Crippen MR) is 54.4 cm³/mol. The van der Waals surface area contributed by atoms with Crippen LogP contribution in [0.5, 0.6) is 0 Å². The van der Waals surface area contributed by atoms with E-state index < -0.39 is 5.97 Å². The number of carbonyl (C=O) groups is 1. The second kappa shape index (κ2) is 5.05. The van der Waals surface area contributed by atoms with Gasteiger partial charge >= 0.3 is 5.97 Å².